The number of hydrogen-bond acceptors (Lipinski definition) is 2. The van der Waals surface area contributed by atoms with E-state index in [1.165, 1.54) is 0 Å². The van der Waals surface area contributed by atoms with Crippen LogP contribution in [-0.4, -0.2) is 0 Å². The molecular weight excluding hydrogens is 212 g/mol. The molecule has 0 unspecified atom stereocenters. The second-order valence-electron chi connectivity index (χ2n) is 3.47. The summed E-state index contributed by atoms with van der Waals surface area (Å²) in [4.78, 5) is 0. The zero-order chi connectivity index (χ0) is 11.9. The Hall–Kier alpha value is -2.40. The molecule has 2 aromatic rings. The average molecular weight is 224 g/mol. The highest BCUT2D eigenvalue weighted by molar-refractivity contribution is 5.32. The molecule has 2 nitrogen and oxygen atoms in total. The van der Waals surface area contributed by atoms with Gasteiger partial charge < -0.3 is 9.47 Å². The lowest BCUT2D eigenvalue weighted by Crippen LogP contribution is -1.94. The quantitative estimate of drug-likeness (QED) is 0.742. The van der Waals surface area contributed by atoms with Crippen molar-refractivity contribution in [1.82, 2.24) is 0 Å². The summed E-state index contributed by atoms with van der Waals surface area (Å²) in [6.07, 6.45) is 7.15. The van der Waals surface area contributed by atoms with E-state index in [0.29, 0.717) is 12.4 Å². The van der Waals surface area contributed by atoms with E-state index in [2.05, 4.69) is 6.11 Å². The fourth-order valence-electron chi connectivity index (χ4n) is 1.41. The van der Waals surface area contributed by atoms with Gasteiger partial charge in [-0.15, -0.1) is 0 Å². The minimum Gasteiger partial charge on any atom is -0.489 e. The van der Waals surface area contributed by atoms with Gasteiger partial charge in [0.1, 0.15) is 24.2 Å². The molecule has 84 valence electrons. The van der Waals surface area contributed by atoms with Gasteiger partial charge in [-0.3, -0.25) is 0 Å². The van der Waals surface area contributed by atoms with E-state index in [-0.39, 0.29) is 0 Å². The summed E-state index contributed by atoms with van der Waals surface area (Å²) >= 11 is 0. The summed E-state index contributed by atoms with van der Waals surface area (Å²) in [5.41, 5.74) is 1.14. The first-order valence-corrected chi connectivity index (χ1v) is 5.28. The van der Waals surface area contributed by atoms with Gasteiger partial charge in [0.2, 0.25) is 0 Å². The van der Waals surface area contributed by atoms with Crippen LogP contribution in [0.5, 0.6) is 11.5 Å². The predicted octanol–water partition coefficient (Wildman–Crippen LogP) is 3.24. The molecule has 0 aliphatic rings. The number of ether oxygens (including phenoxy) is 2. The summed E-state index contributed by atoms with van der Waals surface area (Å²) in [6, 6.07) is 17.2. The minimum atomic E-state index is 0.552. The van der Waals surface area contributed by atoms with Gasteiger partial charge in [0, 0.05) is 0 Å². The van der Waals surface area contributed by atoms with Crippen molar-refractivity contribution in [2.75, 3.05) is 0 Å². The van der Waals surface area contributed by atoms with Crippen LogP contribution in [-0.2, 0) is 6.61 Å². The number of rotatable bonds is 4. The topological polar surface area (TPSA) is 18.5 Å². The molecule has 0 amide bonds. The van der Waals surface area contributed by atoms with E-state index in [1.54, 1.807) is 12.1 Å². The SMILES string of the molecule is C#COc1ccc(OCc2ccccc2)cc1. The molecule has 2 heteroatoms. The fraction of sp³-hybridized carbons (Fsp3) is 0.0667. The molecule has 2 rings (SSSR count). The van der Waals surface area contributed by atoms with Gasteiger partial charge in [-0.1, -0.05) is 36.8 Å². The van der Waals surface area contributed by atoms with Crippen LogP contribution in [0.3, 0.4) is 0 Å². The van der Waals surface area contributed by atoms with Crippen LogP contribution in [0.25, 0.3) is 0 Å². The molecule has 0 fully saturated rings. The second-order valence-corrected chi connectivity index (χ2v) is 3.47. The molecule has 0 radical (unpaired) electrons. The highest BCUT2D eigenvalue weighted by Crippen LogP contribution is 2.18. The van der Waals surface area contributed by atoms with Crippen molar-refractivity contribution in [2.24, 2.45) is 0 Å². The van der Waals surface area contributed by atoms with Gasteiger partial charge in [0.05, 0.1) is 0 Å². The smallest absolute Gasteiger partial charge is 0.140 e. The minimum absolute atomic E-state index is 0.552. The number of terminal acetylenes is 1. The van der Waals surface area contributed by atoms with Crippen LogP contribution in [0.1, 0.15) is 5.56 Å². The summed E-state index contributed by atoms with van der Waals surface area (Å²) in [7, 11) is 0. The molecule has 0 atom stereocenters. The number of benzene rings is 2. The molecule has 0 heterocycles. The molecule has 0 spiro atoms. The molecular formula is C15H12O2. The lowest BCUT2D eigenvalue weighted by Gasteiger charge is -2.06. The second kappa shape index (κ2) is 5.62. The van der Waals surface area contributed by atoms with Crippen molar-refractivity contribution >= 4 is 0 Å². The summed E-state index contributed by atoms with van der Waals surface area (Å²) in [5.74, 6) is 1.43. The Morgan fingerprint density at radius 2 is 1.53 bits per heavy atom. The lowest BCUT2D eigenvalue weighted by molar-refractivity contribution is 0.306. The molecule has 2 aromatic carbocycles. The van der Waals surface area contributed by atoms with Crippen LogP contribution in [0.2, 0.25) is 0 Å². The fourth-order valence-corrected chi connectivity index (χ4v) is 1.41. The predicted molar refractivity (Wildman–Crippen MR) is 66.7 cm³/mol. The maximum Gasteiger partial charge on any atom is 0.140 e. The van der Waals surface area contributed by atoms with Crippen molar-refractivity contribution < 1.29 is 9.47 Å². The largest absolute Gasteiger partial charge is 0.489 e. The first kappa shape index (κ1) is 11.1. The van der Waals surface area contributed by atoms with Gasteiger partial charge in [0.15, 0.2) is 0 Å². The van der Waals surface area contributed by atoms with E-state index in [4.69, 9.17) is 15.9 Å². The Morgan fingerprint density at radius 1 is 0.882 bits per heavy atom. The maximum absolute atomic E-state index is 5.62. The maximum atomic E-state index is 5.62. The molecule has 0 aliphatic heterocycles. The first-order valence-electron chi connectivity index (χ1n) is 5.28. The Bertz CT molecular complexity index is 495. The molecule has 0 aliphatic carbocycles. The molecule has 0 saturated carbocycles. The van der Waals surface area contributed by atoms with Gasteiger partial charge in [-0.25, -0.2) is 0 Å². The zero-order valence-electron chi connectivity index (χ0n) is 9.30. The highest BCUT2D eigenvalue weighted by atomic mass is 16.5. The van der Waals surface area contributed by atoms with Crippen molar-refractivity contribution in [3.05, 3.63) is 60.2 Å². The van der Waals surface area contributed by atoms with E-state index >= 15 is 0 Å². The zero-order valence-corrected chi connectivity index (χ0v) is 9.30. The lowest BCUT2D eigenvalue weighted by atomic mass is 10.2. The highest BCUT2D eigenvalue weighted by Gasteiger charge is 1.96. The average Bonchev–Trinajstić information content (AvgIpc) is 2.40. The third kappa shape index (κ3) is 3.29. The van der Waals surface area contributed by atoms with Gasteiger partial charge in [-0.05, 0) is 29.8 Å². The van der Waals surface area contributed by atoms with Crippen LogP contribution >= 0.6 is 0 Å². The van der Waals surface area contributed by atoms with Gasteiger partial charge >= 0.3 is 0 Å². The van der Waals surface area contributed by atoms with Gasteiger partial charge in [-0.2, -0.15) is 0 Å². The summed E-state index contributed by atoms with van der Waals surface area (Å²) in [6.45, 7) is 0.552. The summed E-state index contributed by atoms with van der Waals surface area (Å²) in [5, 5.41) is 0. The molecule has 17 heavy (non-hydrogen) atoms. The Labute approximate surface area is 101 Å². The van der Waals surface area contributed by atoms with Crippen molar-refractivity contribution in [3.8, 4) is 24.0 Å². The Balaban J connectivity index is 1.94. The van der Waals surface area contributed by atoms with Crippen LogP contribution < -0.4 is 9.47 Å². The van der Waals surface area contributed by atoms with Crippen LogP contribution in [0.4, 0.5) is 0 Å². The monoisotopic (exact) mass is 224 g/mol. The summed E-state index contributed by atoms with van der Waals surface area (Å²) < 4.78 is 10.5. The Morgan fingerprint density at radius 3 is 2.18 bits per heavy atom. The molecule has 0 aromatic heterocycles. The molecule has 0 bridgehead atoms. The standard InChI is InChI=1S/C15H12O2/c1-2-16-14-8-10-15(11-9-14)17-12-13-6-4-3-5-7-13/h1,3-11H,12H2. The van der Waals surface area contributed by atoms with Gasteiger partial charge in [0.25, 0.3) is 0 Å². The van der Waals surface area contributed by atoms with E-state index < -0.39 is 0 Å². The normalized spacial score (nSPS) is 9.35. The first-order chi connectivity index (χ1) is 8.38. The van der Waals surface area contributed by atoms with E-state index in [1.807, 2.05) is 42.5 Å². The Kier molecular flexibility index (Phi) is 3.67. The van der Waals surface area contributed by atoms with E-state index in [9.17, 15) is 0 Å². The third-order valence-corrected chi connectivity index (χ3v) is 2.25. The van der Waals surface area contributed by atoms with Crippen molar-refractivity contribution in [3.63, 3.8) is 0 Å². The number of hydrogen-bond donors (Lipinski definition) is 0. The van der Waals surface area contributed by atoms with Crippen LogP contribution in [0.15, 0.2) is 54.6 Å². The van der Waals surface area contributed by atoms with Crippen molar-refractivity contribution in [2.45, 2.75) is 6.61 Å². The third-order valence-electron chi connectivity index (χ3n) is 2.25. The molecule has 0 saturated heterocycles. The van der Waals surface area contributed by atoms with Crippen molar-refractivity contribution in [1.29, 1.82) is 0 Å². The molecule has 0 N–H and O–H groups in total. The van der Waals surface area contributed by atoms with Crippen LogP contribution in [0, 0.1) is 12.5 Å². The van der Waals surface area contributed by atoms with E-state index in [0.717, 1.165) is 11.3 Å².